The Hall–Kier alpha value is -5.46. The zero-order chi connectivity index (χ0) is 31.1. The second kappa shape index (κ2) is 11.3. The highest BCUT2D eigenvalue weighted by Gasteiger charge is 2.48. The summed E-state index contributed by atoms with van der Waals surface area (Å²) in [5, 5.41) is 6.77. The first-order valence-electron chi connectivity index (χ1n) is 13.9. The molecule has 1 unspecified atom stereocenters. The summed E-state index contributed by atoms with van der Waals surface area (Å²) in [5.41, 5.74) is 1.28. The molecule has 0 saturated carbocycles. The topological polar surface area (TPSA) is 116 Å². The fourth-order valence-corrected chi connectivity index (χ4v) is 5.17. The molecule has 0 aliphatic carbocycles. The molecule has 5 amide bonds. The number of hydrogen-bond donors (Lipinski definition) is 1. The van der Waals surface area contributed by atoms with E-state index in [2.05, 4.69) is 10.4 Å². The number of ether oxygens (including phenoxy) is 1. The van der Waals surface area contributed by atoms with Crippen molar-refractivity contribution in [2.24, 2.45) is 5.92 Å². The number of carbonyl (C=O) groups excluding carboxylic acids is 4. The Morgan fingerprint density at radius 1 is 1.02 bits per heavy atom. The molecule has 4 heterocycles. The zero-order valence-corrected chi connectivity index (χ0v) is 23.7. The quantitative estimate of drug-likeness (QED) is 0.242. The van der Waals surface area contributed by atoms with Crippen molar-refractivity contribution in [2.45, 2.75) is 32.7 Å². The number of anilines is 3. The molecular weight excluding hydrogens is 574 g/mol. The smallest absolute Gasteiger partial charge is 0.452 e. The van der Waals surface area contributed by atoms with Gasteiger partial charge in [-0.05, 0) is 62.7 Å². The molecule has 0 bridgehead atoms. The lowest BCUT2D eigenvalue weighted by Crippen LogP contribution is -2.55. The lowest BCUT2D eigenvalue weighted by atomic mass is 10.0. The van der Waals surface area contributed by atoms with E-state index < -0.39 is 41.4 Å². The molecule has 13 heteroatoms. The van der Waals surface area contributed by atoms with Gasteiger partial charge in [0.25, 0.3) is 0 Å². The second-order valence-corrected chi connectivity index (χ2v) is 10.7. The van der Waals surface area contributed by atoms with Gasteiger partial charge in [-0.25, -0.2) is 18.1 Å². The fourth-order valence-electron chi connectivity index (χ4n) is 5.17. The lowest BCUT2D eigenvalue weighted by molar-refractivity contribution is -0.459. The number of imide groups is 1. The first-order chi connectivity index (χ1) is 21.1. The predicted molar refractivity (Wildman–Crippen MR) is 156 cm³/mol. The van der Waals surface area contributed by atoms with Gasteiger partial charge in [-0.15, -0.1) is 4.90 Å². The van der Waals surface area contributed by atoms with Crippen LogP contribution in [0.15, 0.2) is 67.0 Å². The minimum absolute atomic E-state index is 0.0240. The number of urea groups is 1. The van der Waals surface area contributed by atoms with Crippen LogP contribution in [0.25, 0.3) is 5.52 Å². The third-order valence-electron chi connectivity index (χ3n) is 7.39. The van der Waals surface area contributed by atoms with E-state index in [-0.39, 0.29) is 28.8 Å². The Kier molecular flexibility index (Phi) is 7.37. The minimum Gasteiger partial charge on any atom is -0.452 e. The highest BCUT2D eigenvalue weighted by atomic mass is 19.1. The normalized spacial score (nSPS) is 17.1. The van der Waals surface area contributed by atoms with Gasteiger partial charge in [0.15, 0.2) is 23.2 Å². The number of nitrogens with zero attached hydrogens (tertiary/aromatic N) is 5. The maximum Gasteiger partial charge on any atom is 0.505 e. The molecule has 0 radical (unpaired) electrons. The molecule has 2 aliphatic rings. The Morgan fingerprint density at radius 3 is 2.48 bits per heavy atom. The first kappa shape index (κ1) is 28.6. The van der Waals surface area contributed by atoms with E-state index in [9.17, 15) is 23.6 Å². The van der Waals surface area contributed by atoms with E-state index in [4.69, 9.17) is 4.74 Å². The maximum atomic E-state index is 15.3. The minimum atomic E-state index is -1.43. The van der Waals surface area contributed by atoms with Crippen molar-refractivity contribution in [1.82, 2.24) is 9.61 Å². The number of amides is 5. The van der Waals surface area contributed by atoms with Gasteiger partial charge in [0.1, 0.15) is 17.0 Å². The van der Waals surface area contributed by atoms with Crippen LogP contribution in [0, 0.1) is 17.6 Å². The fraction of sp³-hybridized carbons (Fsp3) is 0.226. The summed E-state index contributed by atoms with van der Waals surface area (Å²) in [6.45, 7) is 3.98. The number of benzene rings is 2. The molecule has 6 rings (SSSR count). The third kappa shape index (κ3) is 5.27. The Bertz CT molecular complexity index is 1850. The monoisotopic (exact) mass is 601 g/mol. The molecule has 11 nitrogen and oxygen atoms in total. The molecule has 2 aromatic heterocycles. The Morgan fingerprint density at radius 2 is 1.80 bits per heavy atom. The summed E-state index contributed by atoms with van der Waals surface area (Å²) < 4.78 is 37.5. The van der Waals surface area contributed by atoms with Crippen LogP contribution < -0.4 is 19.9 Å². The zero-order valence-electron chi connectivity index (χ0n) is 23.7. The molecule has 1 fully saturated rings. The molecule has 1 N–H and O–H groups in total. The van der Waals surface area contributed by atoms with Crippen molar-refractivity contribution in [2.75, 3.05) is 21.7 Å². The van der Waals surface area contributed by atoms with Gasteiger partial charge in [0.05, 0.1) is 30.3 Å². The predicted octanol–water partition coefficient (Wildman–Crippen LogP) is 4.74. The van der Waals surface area contributed by atoms with Crippen LogP contribution in [0.4, 0.5) is 30.6 Å². The average molecular weight is 602 g/mol. The van der Waals surface area contributed by atoms with Gasteiger partial charge in [-0.2, -0.15) is 14.5 Å². The van der Waals surface area contributed by atoms with E-state index in [0.717, 1.165) is 29.5 Å². The highest BCUT2D eigenvalue weighted by molar-refractivity contribution is 6.28. The number of pyridine rings is 1. The van der Waals surface area contributed by atoms with Crippen molar-refractivity contribution < 1.29 is 37.3 Å². The molecular formula is C31H27F2N6O5+. The van der Waals surface area contributed by atoms with Gasteiger partial charge >= 0.3 is 11.9 Å². The number of hydrogen-bond acceptors (Lipinski definition) is 6. The third-order valence-corrected chi connectivity index (χ3v) is 7.39. The van der Waals surface area contributed by atoms with Crippen molar-refractivity contribution in [1.29, 1.82) is 0 Å². The highest BCUT2D eigenvalue weighted by Crippen LogP contribution is 2.34. The molecule has 2 aliphatic heterocycles. The van der Waals surface area contributed by atoms with Crippen LogP contribution in [0.2, 0.25) is 0 Å². The van der Waals surface area contributed by atoms with Crippen molar-refractivity contribution in [3.8, 4) is 11.5 Å². The van der Waals surface area contributed by atoms with Crippen LogP contribution in [-0.2, 0) is 14.4 Å². The number of halogens is 2. The van der Waals surface area contributed by atoms with Gasteiger partial charge in [0.2, 0.25) is 11.8 Å². The summed E-state index contributed by atoms with van der Waals surface area (Å²) in [6.07, 6.45) is 5.66. The van der Waals surface area contributed by atoms with Gasteiger partial charge in [-0.3, -0.25) is 9.59 Å². The summed E-state index contributed by atoms with van der Waals surface area (Å²) >= 11 is 0. The maximum absolute atomic E-state index is 15.3. The number of carbonyl (C=O) groups is 4. The standard InChI is InChI=1S/C31H26F2N6O5/c1-18(2)37-17-23(30(42)39(31(37)43)21-8-5-19(32)6-9-21)29(41)35-20-7-10-26(24(33)14-20)44-27-15-22(36-13-3-4-28(36)40)16-38-25(27)11-12-34-38/h5-12,14-18,23H,3-4,13H2,1-2H3/p+1. The molecule has 0 spiro atoms. The SMILES string of the molecule is CC(C)[N+]1=CC(C(=O)Nc2ccc(Oc3cc(N4CCCC4=O)cn4nccc34)c(F)c2)C(=O)N(c2ccc(F)cc2)C1=O. The van der Waals surface area contributed by atoms with Crippen LogP contribution in [-0.4, -0.2) is 56.7 Å². The second-order valence-electron chi connectivity index (χ2n) is 10.7. The van der Waals surface area contributed by atoms with Gasteiger partial charge in [0, 0.05) is 30.8 Å². The van der Waals surface area contributed by atoms with Crippen LogP contribution in [0.1, 0.15) is 26.7 Å². The summed E-state index contributed by atoms with van der Waals surface area (Å²) in [4.78, 5) is 54.5. The number of nitrogens with one attached hydrogen (secondary N) is 1. The van der Waals surface area contributed by atoms with Crippen LogP contribution >= 0.6 is 0 Å². The van der Waals surface area contributed by atoms with Crippen molar-refractivity contribution >= 4 is 52.5 Å². The largest absolute Gasteiger partial charge is 0.505 e. The van der Waals surface area contributed by atoms with Crippen molar-refractivity contribution in [3.05, 3.63) is 78.6 Å². The van der Waals surface area contributed by atoms with E-state index in [0.29, 0.717) is 24.2 Å². The molecule has 1 saturated heterocycles. The molecule has 44 heavy (non-hydrogen) atoms. The van der Waals surface area contributed by atoms with Gasteiger partial charge in [-0.1, -0.05) is 0 Å². The first-order valence-corrected chi connectivity index (χ1v) is 13.9. The number of aromatic nitrogens is 2. The van der Waals surface area contributed by atoms with Gasteiger partial charge < -0.3 is 15.0 Å². The Balaban J connectivity index is 1.24. The van der Waals surface area contributed by atoms with E-state index in [1.54, 1.807) is 47.8 Å². The molecule has 4 aromatic rings. The van der Waals surface area contributed by atoms with E-state index in [1.807, 2.05) is 0 Å². The molecule has 1 atom stereocenters. The van der Waals surface area contributed by atoms with E-state index in [1.165, 1.54) is 35.1 Å². The van der Waals surface area contributed by atoms with Crippen LogP contribution in [0.3, 0.4) is 0 Å². The number of rotatable bonds is 7. The molecule has 224 valence electrons. The van der Waals surface area contributed by atoms with Crippen molar-refractivity contribution in [3.63, 3.8) is 0 Å². The van der Waals surface area contributed by atoms with Crippen LogP contribution in [0.5, 0.6) is 11.5 Å². The number of fused-ring (bicyclic) bond motifs is 1. The lowest BCUT2D eigenvalue weighted by Gasteiger charge is -2.24. The molecule has 2 aromatic carbocycles. The average Bonchev–Trinajstić information content (AvgIpc) is 3.64. The summed E-state index contributed by atoms with van der Waals surface area (Å²) in [5.74, 6) is -4.29. The summed E-state index contributed by atoms with van der Waals surface area (Å²) in [6, 6.07) is 10.8. The summed E-state index contributed by atoms with van der Waals surface area (Å²) in [7, 11) is 0. The van der Waals surface area contributed by atoms with E-state index >= 15 is 4.39 Å². The Labute approximate surface area is 249 Å².